The van der Waals surface area contributed by atoms with E-state index in [1.807, 2.05) is 54.6 Å². The van der Waals surface area contributed by atoms with Gasteiger partial charge in [-0.05, 0) is 0 Å². The van der Waals surface area contributed by atoms with Gasteiger partial charge in [-0.25, -0.2) is 0 Å². The number of hydrogen-bond donors (Lipinski definition) is 0. The molecule has 1 heterocycles. The molecular weight excluding hydrogens is 459 g/mol. The van der Waals surface area contributed by atoms with Gasteiger partial charge in [0, 0.05) is 0 Å². The van der Waals surface area contributed by atoms with E-state index in [1.165, 1.54) is 8.92 Å². The van der Waals surface area contributed by atoms with Crippen LogP contribution < -0.4 is 8.92 Å². The summed E-state index contributed by atoms with van der Waals surface area (Å²) in [6.45, 7) is 0. The van der Waals surface area contributed by atoms with E-state index in [4.69, 9.17) is 3.82 Å². The molecular formula is C29H20O2Se. The molecule has 2 aliphatic rings. The molecule has 2 nitrogen and oxygen atoms in total. The zero-order valence-electron chi connectivity index (χ0n) is 17.3. The minimum atomic E-state index is -3.08. The number of ketones is 1. The van der Waals surface area contributed by atoms with Gasteiger partial charge in [0.25, 0.3) is 0 Å². The predicted molar refractivity (Wildman–Crippen MR) is 131 cm³/mol. The molecule has 0 N–H and O–H groups in total. The maximum atomic E-state index is 13.5. The van der Waals surface area contributed by atoms with Gasteiger partial charge in [-0.2, -0.15) is 0 Å². The van der Waals surface area contributed by atoms with Gasteiger partial charge < -0.3 is 0 Å². The second-order valence-corrected chi connectivity index (χ2v) is 13.1. The number of Topliss-reactive ketones (excluding diaryl/α,β-unsaturated/α-hetero) is 1. The molecule has 0 saturated heterocycles. The zero-order chi connectivity index (χ0) is 21.5. The van der Waals surface area contributed by atoms with Crippen molar-refractivity contribution >= 4 is 39.2 Å². The number of benzene rings is 4. The molecule has 4 aromatic carbocycles. The fourth-order valence-electron chi connectivity index (χ4n) is 4.41. The molecule has 0 saturated carbocycles. The van der Waals surface area contributed by atoms with Crippen molar-refractivity contribution in [3.63, 3.8) is 0 Å². The Hall–Kier alpha value is -3.65. The van der Waals surface area contributed by atoms with Gasteiger partial charge in [0.2, 0.25) is 0 Å². The number of rotatable bonds is 3. The summed E-state index contributed by atoms with van der Waals surface area (Å²) in [5.41, 5.74) is 4.30. The third kappa shape index (κ3) is 2.83. The molecule has 0 unspecified atom stereocenters. The molecule has 0 radical (unpaired) electrons. The molecule has 154 valence electrons. The third-order valence-corrected chi connectivity index (χ3v) is 12.1. The second-order valence-electron chi connectivity index (χ2n) is 7.79. The summed E-state index contributed by atoms with van der Waals surface area (Å²) in [5, 5.41) is 0. The molecule has 0 fully saturated rings. The van der Waals surface area contributed by atoms with E-state index in [-0.39, 0.29) is 5.78 Å². The maximum absolute atomic E-state index is 13.5. The third-order valence-electron chi connectivity index (χ3n) is 5.91. The zero-order valence-corrected chi connectivity index (χ0v) is 19.0. The normalized spacial score (nSPS) is 17.1. The molecule has 32 heavy (non-hydrogen) atoms. The van der Waals surface area contributed by atoms with Crippen LogP contribution in [-0.4, -0.2) is 19.0 Å². The summed E-state index contributed by atoms with van der Waals surface area (Å²) < 4.78 is 9.40. The molecule has 1 aliphatic carbocycles. The van der Waals surface area contributed by atoms with Crippen LogP contribution in [0.2, 0.25) is 0 Å². The Morgan fingerprint density at radius 1 is 0.562 bits per heavy atom. The van der Waals surface area contributed by atoms with E-state index in [1.54, 1.807) is 0 Å². The first-order valence-corrected chi connectivity index (χ1v) is 14.0. The SMILES string of the molecule is O=C1C2=C(O[Se](c3ccccc3)(c3ccccc3)C=C2c2ccccc2)c2ccccc21. The standard InChI is InChI=1S/C29H20O2Se/c30-28-24-18-10-11-19-25(24)29-27(28)26(21-12-4-1-5-13-21)20-32(31-29,22-14-6-2-7-15-22)23-16-8-3-9-17-23/h1-20H. The van der Waals surface area contributed by atoms with Gasteiger partial charge >= 0.3 is 190 Å². The molecule has 6 rings (SSSR count). The number of carbonyl (C=O) groups is 1. The Kier molecular flexibility index (Phi) is 4.46. The van der Waals surface area contributed by atoms with E-state index < -0.39 is 13.2 Å². The van der Waals surface area contributed by atoms with Crippen molar-refractivity contribution in [2.45, 2.75) is 0 Å². The monoisotopic (exact) mass is 480 g/mol. The Bertz CT molecular complexity index is 1350. The molecule has 0 aromatic heterocycles. The number of hydrogen-bond acceptors (Lipinski definition) is 2. The summed E-state index contributed by atoms with van der Waals surface area (Å²) in [4.78, 5) is 15.8. The molecule has 0 bridgehead atoms. The summed E-state index contributed by atoms with van der Waals surface area (Å²) in [7, 11) is 0. The number of carbonyl (C=O) groups excluding carboxylic acids is 1. The first kappa shape index (κ1) is 19.1. The van der Waals surface area contributed by atoms with Crippen molar-refractivity contribution in [2.24, 2.45) is 0 Å². The van der Waals surface area contributed by atoms with Crippen LogP contribution in [0.3, 0.4) is 0 Å². The van der Waals surface area contributed by atoms with Crippen LogP contribution in [0.4, 0.5) is 0 Å². The summed E-state index contributed by atoms with van der Waals surface area (Å²) >= 11 is -3.08. The van der Waals surface area contributed by atoms with E-state index >= 15 is 0 Å². The van der Waals surface area contributed by atoms with E-state index in [0.717, 1.165) is 22.5 Å². The van der Waals surface area contributed by atoms with Crippen molar-refractivity contribution in [1.29, 1.82) is 0 Å². The average Bonchev–Trinajstić information content (AvgIpc) is 3.17. The quantitative estimate of drug-likeness (QED) is 0.387. The molecule has 1 aliphatic heterocycles. The molecule has 0 spiro atoms. The Morgan fingerprint density at radius 3 is 1.66 bits per heavy atom. The van der Waals surface area contributed by atoms with Gasteiger partial charge in [-0.1, -0.05) is 0 Å². The Labute approximate surface area is 190 Å². The van der Waals surface area contributed by atoms with Crippen LogP contribution in [0.15, 0.2) is 126 Å². The topological polar surface area (TPSA) is 26.3 Å². The van der Waals surface area contributed by atoms with Crippen molar-refractivity contribution in [1.82, 2.24) is 0 Å². The van der Waals surface area contributed by atoms with Crippen LogP contribution >= 0.6 is 0 Å². The van der Waals surface area contributed by atoms with Crippen LogP contribution in [0.25, 0.3) is 11.3 Å². The van der Waals surface area contributed by atoms with Crippen molar-refractivity contribution < 1.29 is 8.61 Å². The van der Waals surface area contributed by atoms with Gasteiger partial charge in [0.1, 0.15) is 0 Å². The number of allylic oxidation sites excluding steroid dienone is 2. The fourth-order valence-corrected chi connectivity index (χ4v) is 10.6. The average molecular weight is 479 g/mol. The van der Waals surface area contributed by atoms with Crippen LogP contribution in [0.5, 0.6) is 0 Å². The molecule has 3 heteroatoms. The van der Waals surface area contributed by atoms with Crippen LogP contribution in [0, 0.1) is 0 Å². The second kappa shape index (κ2) is 7.49. The fraction of sp³-hybridized carbons (Fsp3) is 0. The molecule has 4 aromatic rings. The Balaban J connectivity index is 1.69. The van der Waals surface area contributed by atoms with Crippen molar-refractivity contribution in [3.05, 3.63) is 142 Å². The molecule has 0 amide bonds. The predicted octanol–water partition coefficient (Wildman–Crippen LogP) is 5.01. The minimum absolute atomic E-state index is 0.0393. The van der Waals surface area contributed by atoms with E-state index in [0.29, 0.717) is 11.1 Å². The summed E-state index contributed by atoms with van der Waals surface area (Å²) in [6, 6.07) is 38.9. The van der Waals surface area contributed by atoms with Crippen molar-refractivity contribution in [3.8, 4) is 0 Å². The van der Waals surface area contributed by atoms with Crippen LogP contribution in [-0.2, 0) is 3.82 Å². The van der Waals surface area contributed by atoms with Gasteiger partial charge in [0.15, 0.2) is 0 Å². The summed E-state index contributed by atoms with van der Waals surface area (Å²) in [6.07, 6.45) is 0. The van der Waals surface area contributed by atoms with E-state index in [9.17, 15) is 4.79 Å². The summed E-state index contributed by atoms with van der Waals surface area (Å²) in [5.74, 6) is 0.761. The molecule has 0 atom stereocenters. The van der Waals surface area contributed by atoms with Crippen molar-refractivity contribution in [2.75, 3.05) is 0 Å². The Morgan fingerprint density at radius 2 is 1.06 bits per heavy atom. The van der Waals surface area contributed by atoms with Crippen LogP contribution in [0.1, 0.15) is 21.5 Å². The van der Waals surface area contributed by atoms with E-state index in [2.05, 4.69) is 65.6 Å². The van der Waals surface area contributed by atoms with Gasteiger partial charge in [-0.3, -0.25) is 0 Å². The first-order valence-electron chi connectivity index (χ1n) is 10.6. The number of fused-ring (bicyclic) bond motifs is 2. The first-order chi connectivity index (χ1) is 15.8. The van der Waals surface area contributed by atoms with Gasteiger partial charge in [0.05, 0.1) is 0 Å². The van der Waals surface area contributed by atoms with Gasteiger partial charge in [-0.15, -0.1) is 0 Å².